The Bertz CT molecular complexity index is 1070. The van der Waals surface area contributed by atoms with Crippen LogP contribution in [0.3, 0.4) is 0 Å². The molecule has 0 atom stereocenters. The van der Waals surface area contributed by atoms with Crippen LogP contribution in [0.2, 0.25) is 0 Å². The number of hydrogen-bond donors (Lipinski definition) is 2. The summed E-state index contributed by atoms with van der Waals surface area (Å²) in [5.74, 6) is 0. The summed E-state index contributed by atoms with van der Waals surface area (Å²) in [5, 5.41) is 10.7. The second-order valence-corrected chi connectivity index (χ2v) is 6.71. The van der Waals surface area contributed by atoms with Crippen LogP contribution in [0, 0.1) is 5.41 Å². The Kier molecular flexibility index (Phi) is 3.63. The van der Waals surface area contributed by atoms with E-state index in [2.05, 4.69) is 30.3 Å². The first-order valence-corrected chi connectivity index (χ1v) is 8.57. The number of allylic oxidation sites excluding steroid dienone is 1. The molecule has 3 N–H and O–H groups in total. The highest BCUT2D eigenvalue weighted by Gasteiger charge is 2.10. The molecule has 0 amide bonds. The van der Waals surface area contributed by atoms with Gasteiger partial charge in [-0.3, -0.25) is 0 Å². The van der Waals surface area contributed by atoms with E-state index in [1.54, 1.807) is 17.4 Å². The number of hydrogen-bond acceptors (Lipinski definition) is 3. The summed E-state index contributed by atoms with van der Waals surface area (Å²) in [6.07, 6.45) is 1.74. The lowest BCUT2D eigenvalue weighted by atomic mass is 10.0. The first-order valence-electron chi connectivity index (χ1n) is 7.76. The Morgan fingerprint density at radius 1 is 0.833 bits per heavy atom. The number of thiophene rings is 1. The second kappa shape index (κ2) is 5.95. The summed E-state index contributed by atoms with van der Waals surface area (Å²) in [4.78, 5) is 0. The summed E-state index contributed by atoms with van der Waals surface area (Å²) in [5.41, 5.74) is 9.26. The van der Waals surface area contributed by atoms with E-state index in [1.165, 1.54) is 20.2 Å². The zero-order valence-corrected chi connectivity index (χ0v) is 13.8. The van der Waals surface area contributed by atoms with Crippen molar-refractivity contribution in [3.05, 3.63) is 90.0 Å². The molecule has 24 heavy (non-hydrogen) atoms. The van der Waals surface area contributed by atoms with Gasteiger partial charge in [0.2, 0.25) is 0 Å². The first kappa shape index (κ1) is 14.7. The molecule has 3 aromatic carbocycles. The summed E-state index contributed by atoms with van der Waals surface area (Å²) in [6, 6.07) is 24.2. The van der Waals surface area contributed by atoms with E-state index in [-0.39, 0.29) is 0 Å². The average Bonchev–Trinajstić information content (AvgIpc) is 3.01. The molecule has 0 fully saturated rings. The maximum absolute atomic E-state index is 8.27. The van der Waals surface area contributed by atoms with Crippen molar-refractivity contribution in [2.24, 2.45) is 5.73 Å². The quantitative estimate of drug-likeness (QED) is 0.485. The second-order valence-electron chi connectivity index (χ2n) is 5.66. The van der Waals surface area contributed by atoms with Gasteiger partial charge in [0.1, 0.15) is 0 Å². The van der Waals surface area contributed by atoms with E-state index in [0.717, 1.165) is 11.1 Å². The molecule has 1 heterocycles. The number of nitrogens with one attached hydrogen (secondary N) is 1. The minimum Gasteiger partial charge on any atom is -0.398 e. The van der Waals surface area contributed by atoms with Crippen molar-refractivity contribution in [3.8, 4) is 0 Å². The number of nitrogens with two attached hydrogens (primary N) is 1. The van der Waals surface area contributed by atoms with Gasteiger partial charge in [-0.05, 0) is 17.7 Å². The zero-order valence-electron chi connectivity index (χ0n) is 13.0. The van der Waals surface area contributed by atoms with Gasteiger partial charge >= 0.3 is 0 Å². The average molecular weight is 328 g/mol. The Balaban J connectivity index is 1.84. The molecule has 0 radical (unpaired) electrons. The monoisotopic (exact) mass is 328 g/mol. The van der Waals surface area contributed by atoms with Crippen molar-refractivity contribution >= 4 is 42.9 Å². The van der Waals surface area contributed by atoms with Crippen LogP contribution in [-0.4, -0.2) is 5.71 Å². The standard InChI is InChI=1S/C21H16N2S/c22-18(14-7-2-1-3-8-14)13-19(23)17-11-6-10-16-15-9-4-5-12-20(15)24-21(16)17/h1-13,22H,23H2. The van der Waals surface area contributed by atoms with Crippen LogP contribution in [0.1, 0.15) is 11.1 Å². The van der Waals surface area contributed by atoms with Crippen LogP contribution in [0.25, 0.3) is 25.9 Å². The largest absolute Gasteiger partial charge is 0.398 e. The Hall–Kier alpha value is -2.91. The molecule has 4 rings (SSSR count). The Morgan fingerprint density at radius 2 is 1.54 bits per heavy atom. The Morgan fingerprint density at radius 3 is 2.38 bits per heavy atom. The highest BCUT2D eigenvalue weighted by atomic mass is 32.1. The van der Waals surface area contributed by atoms with Crippen molar-refractivity contribution in [1.82, 2.24) is 0 Å². The maximum Gasteiger partial charge on any atom is 0.0632 e. The minimum absolute atomic E-state index is 0.422. The molecule has 0 aliphatic carbocycles. The fraction of sp³-hybridized carbons (Fsp3) is 0. The number of fused-ring (bicyclic) bond motifs is 3. The third kappa shape index (κ3) is 2.49. The van der Waals surface area contributed by atoms with Gasteiger partial charge in [-0.25, -0.2) is 0 Å². The van der Waals surface area contributed by atoms with Gasteiger partial charge in [-0.15, -0.1) is 11.3 Å². The number of benzene rings is 3. The van der Waals surface area contributed by atoms with Gasteiger partial charge in [0.15, 0.2) is 0 Å². The topological polar surface area (TPSA) is 49.9 Å². The van der Waals surface area contributed by atoms with Crippen LogP contribution in [0.15, 0.2) is 78.9 Å². The van der Waals surface area contributed by atoms with Gasteiger partial charge in [0, 0.05) is 31.4 Å². The molecule has 0 aliphatic rings. The lowest BCUT2D eigenvalue weighted by Crippen LogP contribution is -2.02. The van der Waals surface area contributed by atoms with E-state index in [9.17, 15) is 0 Å². The maximum atomic E-state index is 8.27. The molecule has 4 aromatic rings. The first-order chi connectivity index (χ1) is 11.7. The van der Waals surface area contributed by atoms with Crippen molar-refractivity contribution < 1.29 is 0 Å². The fourth-order valence-corrected chi connectivity index (χ4v) is 4.15. The van der Waals surface area contributed by atoms with E-state index < -0.39 is 0 Å². The van der Waals surface area contributed by atoms with E-state index in [4.69, 9.17) is 11.1 Å². The molecule has 0 spiro atoms. The van der Waals surface area contributed by atoms with Crippen molar-refractivity contribution in [1.29, 1.82) is 5.41 Å². The van der Waals surface area contributed by atoms with Gasteiger partial charge in [0.25, 0.3) is 0 Å². The zero-order chi connectivity index (χ0) is 16.5. The van der Waals surface area contributed by atoms with Crippen LogP contribution >= 0.6 is 11.3 Å². The predicted octanol–water partition coefficient (Wildman–Crippen LogP) is 5.42. The van der Waals surface area contributed by atoms with Crippen molar-refractivity contribution in [2.75, 3.05) is 0 Å². The van der Waals surface area contributed by atoms with Crippen molar-refractivity contribution in [2.45, 2.75) is 0 Å². The minimum atomic E-state index is 0.422. The van der Waals surface area contributed by atoms with Crippen LogP contribution < -0.4 is 5.73 Å². The highest BCUT2D eigenvalue weighted by molar-refractivity contribution is 7.26. The lowest BCUT2D eigenvalue weighted by Gasteiger charge is -2.05. The molecule has 116 valence electrons. The summed E-state index contributed by atoms with van der Waals surface area (Å²) in [7, 11) is 0. The molecule has 0 saturated carbocycles. The Labute approximate surface area is 144 Å². The molecular weight excluding hydrogens is 312 g/mol. The summed E-state index contributed by atoms with van der Waals surface area (Å²) < 4.78 is 2.43. The molecule has 0 aliphatic heterocycles. The van der Waals surface area contributed by atoms with Crippen LogP contribution in [0.5, 0.6) is 0 Å². The lowest BCUT2D eigenvalue weighted by molar-refractivity contribution is 1.48. The molecule has 3 heteroatoms. The molecule has 0 bridgehead atoms. The molecular formula is C21H16N2S. The summed E-state index contributed by atoms with van der Waals surface area (Å²) in [6.45, 7) is 0. The van der Waals surface area contributed by atoms with Gasteiger partial charge < -0.3 is 11.1 Å². The third-order valence-corrected chi connectivity index (χ3v) is 5.32. The SMILES string of the molecule is N=C(C=C(N)c1cccc2c1sc1ccccc12)c1ccccc1. The van der Waals surface area contributed by atoms with E-state index >= 15 is 0 Å². The van der Waals surface area contributed by atoms with Gasteiger partial charge in [0.05, 0.1) is 5.71 Å². The molecule has 2 nitrogen and oxygen atoms in total. The van der Waals surface area contributed by atoms with Gasteiger partial charge in [-0.2, -0.15) is 0 Å². The fourth-order valence-electron chi connectivity index (χ4n) is 2.91. The third-order valence-electron chi connectivity index (χ3n) is 4.10. The predicted molar refractivity (Wildman–Crippen MR) is 105 cm³/mol. The smallest absolute Gasteiger partial charge is 0.0632 e. The molecule has 1 aromatic heterocycles. The molecule has 0 unspecified atom stereocenters. The van der Waals surface area contributed by atoms with Crippen LogP contribution in [-0.2, 0) is 0 Å². The normalized spacial score (nSPS) is 11.9. The van der Waals surface area contributed by atoms with E-state index in [1.807, 2.05) is 42.5 Å². The number of rotatable bonds is 3. The van der Waals surface area contributed by atoms with Crippen LogP contribution in [0.4, 0.5) is 0 Å². The van der Waals surface area contributed by atoms with E-state index in [0.29, 0.717) is 11.4 Å². The van der Waals surface area contributed by atoms with Crippen molar-refractivity contribution in [3.63, 3.8) is 0 Å². The highest BCUT2D eigenvalue weighted by Crippen LogP contribution is 2.37. The van der Waals surface area contributed by atoms with Gasteiger partial charge in [-0.1, -0.05) is 66.7 Å². The summed E-state index contributed by atoms with van der Waals surface area (Å²) >= 11 is 1.75. The molecule has 0 saturated heterocycles.